The minimum atomic E-state index is 0.927. The van der Waals surface area contributed by atoms with E-state index in [0.717, 1.165) is 5.69 Å². The highest BCUT2D eigenvalue weighted by atomic mass is 127. The van der Waals surface area contributed by atoms with E-state index in [1.54, 1.807) is 23.1 Å². The molecule has 0 aliphatic carbocycles. The van der Waals surface area contributed by atoms with E-state index in [-0.39, 0.29) is 0 Å². The molecule has 2 aromatic rings. The monoisotopic (exact) mass is 321 g/mol. The summed E-state index contributed by atoms with van der Waals surface area (Å²) in [5.74, 6) is 0. The van der Waals surface area contributed by atoms with Crippen LogP contribution in [0.4, 0.5) is 5.69 Å². The van der Waals surface area contributed by atoms with Crippen molar-refractivity contribution in [2.45, 2.75) is 4.90 Å². The highest BCUT2D eigenvalue weighted by molar-refractivity contribution is 14.1. The fraction of sp³-hybridized carbons (Fsp3) is 0.111. The fourth-order valence-corrected chi connectivity index (χ4v) is 3.78. The van der Waals surface area contributed by atoms with Crippen molar-refractivity contribution in [2.24, 2.45) is 0 Å². The van der Waals surface area contributed by atoms with Crippen LogP contribution in [-0.4, -0.2) is 6.26 Å². The van der Waals surface area contributed by atoms with Gasteiger partial charge in [-0.3, -0.25) is 0 Å². The predicted octanol–water partition coefficient (Wildman–Crippen LogP) is 3.81. The Bertz CT molecular complexity index is 450. The Morgan fingerprint density at radius 3 is 2.92 bits per heavy atom. The molecule has 1 nitrogen and oxygen atoms in total. The maximum absolute atomic E-state index is 6.06. The Morgan fingerprint density at radius 2 is 2.23 bits per heavy atom. The van der Waals surface area contributed by atoms with Crippen LogP contribution in [0.25, 0.3) is 10.1 Å². The molecular weight excluding hydrogens is 313 g/mol. The normalized spacial score (nSPS) is 10.9. The number of nitrogens with two attached hydrogens (primary N) is 1. The van der Waals surface area contributed by atoms with E-state index in [1.807, 2.05) is 0 Å². The molecule has 2 rings (SSSR count). The van der Waals surface area contributed by atoms with Crippen LogP contribution in [0.5, 0.6) is 0 Å². The summed E-state index contributed by atoms with van der Waals surface area (Å²) in [6, 6.07) is 4.24. The predicted molar refractivity (Wildman–Crippen MR) is 70.7 cm³/mol. The van der Waals surface area contributed by atoms with Gasteiger partial charge in [-0.15, -0.1) is 23.1 Å². The molecule has 13 heavy (non-hydrogen) atoms. The minimum absolute atomic E-state index is 0.927. The lowest BCUT2D eigenvalue weighted by Gasteiger charge is -2.03. The molecule has 0 aliphatic heterocycles. The Labute approximate surface area is 98.8 Å². The van der Waals surface area contributed by atoms with Crippen molar-refractivity contribution in [3.05, 3.63) is 21.1 Å². The SMILES string of the molecule is CSc1ccc2scc(I)c2c1N. The zero-order chi connectivity index (χ0) is 9.42. The number of rotatable bonds is 1. The molecule has 0 fully saturated rings. The Hall–Kier alpha value is 0.0600. The quantitative estimate of drug-likeness (QED) is 0.491. The van der Waals surface area contributed by atoms with Gasteiger partial charge in [0.1, 0.15) is 0 Å². The molecule has 68 valence electrons. The third-order valence-corrected chi connectivity index (χ3v) is 4.93. The van der Waals surface area contributed by atoms with Gasteiger partial charge in [0.25, 0.3) is 0 Å². The van der Waals surface area contributed by atoms with E-state index < -0.39 is 0 Å². The Kier molecular flexibility index (Phi) is 2.71. The smallest absolute Gasteiger partial charge is 0.0551 e. The van der Waals surface area contributed by atoms with Gasteiger partial charge in [0.05, 0.1) is 5.69 Å². The molecule has 0 saturated heterocycles. The number of anilines is 1. The topological polar surface area (TPSA) is 26.0 Å². The van der Waals surface area contributed by atoms with Crippen LogP contribution in [0.1, 0.15) is 0 Å². The van der Waals surface area contributed by atoms with Gasteiger partial charge in [-0.2, -0.15) is 0 Å². The van der Waals surface area contributed by atoms with Crippen LogP contribution in [0, 0.1) is 3.57 Å². The molecule has 1 heterocycles. The molecule has 0 aliphatic rings. The van der Waals surface area contributed by atoms with E-state index in [9.17, 15) is 0 Å². The lowest BCUT2D eigenvalue weighted by atomic mass is 10.2. The third-order valence-electron chi connectivity index (χ3n) is 1.92. The van der Waals surface area contributed by atoms with Gasteiger partial charge in [-0.25, -0.2) is 0 Å². The number of hydrogen-bond acceptors (Lipinski definition) is 3. The minimum Gasteiger partial charge on any atom is -0.397 e. The molecular formula is C9H8INS2. The van der Waals surface area contributed by atoms with Crippen LogP contribution in [0.3, 0.4) is 0 Å². The van der Waals surface area contributed by atoms with E-state index in [0.29, 0.717) is 0 Å². The van der Waals surface area contributed by atoms with Crippen LogP contribution >= 0.6 is 45.7 Å². The Morgan fingerprint density at radius 1 is 1.46 bits per heavy atom. The molecule has 0 spiro atoms. The molecule has 0 atom stereocenters. The van der Waals surface area contributed by atoms with Crippen molar-refractivity contribution in [3.8, 4) is 0 Å². The first-order chi connectivity index (χ1) is 6.24. The van der Waals surface area contributed by atoms with Crippen molar-refractivity contribution in [1.82, 2.24) is 0 Å². The number of thioether (sulfide) groups is 1. The van der Waals surface area contributed by atoms with Gasteiger partial charge >= 0.3 is 0 Å². The van der Waals surface area contributed by atoms with Gasteiger partial charge in [0, 0.05) is 23.9 Å². The van der Waals surface area contributed by atoms with Crippen LogP contribution < -0.4 is 5.73 Å². The molecule has 1 aromatic carbocycles. The summed E-state index contributed by atoms with van der Waals surface area (Å²) in [5.41, 5.74) is 6.98. The zero-order valence-corrected chi connectivity index (χ0v) is 10.8. The first-order valence-corrected chi connectivity index (χ1v) is 6.91. The molecule has 0 saturated carbocycles. The van der Waals surface area contributed by atoms with E-state index >= 15 is 0 Å². The largest absolute Gasteiger partial charge is 0.397 e. The number of nitrogen functional groups attached to an aromatic ring is 1. The van der Waals surface area contributed by atoms with Crippen molar-refractivity contribution in [2.75, 3.05) is 12.0 Å². The van der Waals surface area contributed by atoms with Crippen LogP contribution in [0.15, 0.2) is 22.4 Å². The maximum Gasteiger partial charge on any atom is 0.0551 e. The maximum atomic E-state index is 6.06. The van der Waals surface area contributed by atoms with Crippen molar-refractivity contribution < 1.29 is 0 Å². The summed E-state index contributed by atoms with van der Waals surface area (Å²) in [6.07, 6.45) is 2.05. The summed E-state index contributed by atoms with van der Waals surface area (Å²) in [7, 11) is 0. The van der Waals surface area contributed by atoms with E-state index in [2.05, 4.69) is 46.4 Å². The summed E-state index contributed by atoms with van der Waals surface area (Å²) >= 11 is 5.78. The van der Waals surface area contributed by atoms with Crippen LogP contribution in [-0.2, 0) is 0 Å². The van der Waals surface area contributed by atoms with E-state index in [1.165, 1.54) is 18.6 Å². The van der Waals surface area contributed by atoms with Gasteiger partial charge in [-0.05, 0) is 41.0 Å². The second-order valence-corrected chi connectivity index (χ2v) is 5.56. The Balaban J connectivity index is 2.83. The molecule has 2 N–H and O–H groups in total. The lowest BCUT2D eigenvalue weighted by Crippen LogP contribution is -1.89. The van der Waals surface area contributed by atoms with Crippen LogP contribution in [0.2, 0.25) is 0 Å². The summed E-state index contributed by atoms with van der Waals surface area (Å²) in [4.78, 5) is 1.17. The number of fused-ring (bicyclic) bond motifs is 1. The average Bonchev–Trinajstić information content (AvgIpc) is 2.49. The summed E-state index contributed by atoms with van der Waals surface area (Å²) in [5, 5.41) is 3.36. The lowest BCUT2D eigenvalue weighted by molar-refractivity contribution is 1.52. The summed E-state index contributed by atoms with van der Waals surface area (Å²) < 4.78 is 2.53. The highest BCUT2D eigenvalue weighted by Crippen LogP contribution is 2.36. The molecule has 0 bridgehead atoms. The first-order valence-electron chi connectivity index (χ1n) is 3.73. The average molecular weight is 321 g/mol. The number of thiophene rings is 1. The molecule has 0 radical (unpaired) electrons. The third kappa shape index (κ3) is 1.55. The van der Waals surface area contributed by atoms with Crippen molar-refractivity contribution >= 4 is 61.5 Å². The second kappa shape index (κ2) is 3.67. The molecule has 1 aromatic heterocycles. The van der Waals surface area contributed by atoms with Gasteiger partial charge in [0.2, 0.25) is 0 Å². The van der Waals surface area contributed by atoms with Gasteiger partial charge < -0.3 is 5.73 Å². The molecule has 0 amide bonds. The van der Waals surface area contributed by atoms with Gasteiger partial charge in [0.15, 0.2) is 0 Å². The number of hydrogen-bond donors (Lipinski definition) is 1. The van der Waals surface area contributed by atoms with Crippen molar-refractivity contribution in [1.29, 1.82) is 0 Å². The first kappa shape index (κ1) is 9.61. The van der Waals surface area contributed by atoms with Crippen molar-refractivity contribution in [3.63, 3.8) is 0 Å². The van der Waals surface area contributed by atoms with Gasteiger partial charge in [-0.1, -0.05) is 0 Å². The number of benzene rings is 1. The van der Waals surface area contributed by atoms with E-state index in [4.69, 9.17) is 5.73 Å². The second-order valence-electron chi connectivity index (χ2n) is 2.64. The molecule has 0 unspecified atom stereocenters. The summed E-state index contributed by atoms with van der Waals surface area (Å²) in [6.45, 7) is 0. The zero-order valence-electron chi connectivity index (χ0n) is 7.00. The molecule has 4 heteroatoms. The fourth-order valence-electron chi connectivity index (χ4n) is 1.28. The highest BCUT2D eigenvalue weighted by Gasteiger charge is 2.08. The number of halogens is 1. The standard InChI is InChI=1S/C9H8INS2/c1-12-7-3-2-6-8(9(7)11)5(10)4-13-6/h2-4H,11H2,1H3.